The Hall–Kier alpha value is -1.90. The minimum absolute atomic E-state index is 0.234. The molecule has 2 rings (SSSR count). The highest BCUT2D eigenvalue weighted by atomic mass is 19.1. The lowest BCUT2D eigenvalue weighted by atomic mass is 10.1. The molecule has 0 fully saturated rings. The predicted octanol–water partition coefficient (Wildman–Crippen LogP) is 3.29. The fourth-order valence-corrected chi connectivity index (χ4v) is 1.43. The Morgan fingerprint density at radius 3 is 2.31 bits per heavy atom. The first-order chi connectivity index (χ1) is 7.79. The largest absolute Gasteiger partial charge is 0.478 e. The molecule has 3 heteroatoms. The van der Waals surface area contributed by atoms with E-state index >= 15 is 0 Å². The van der Waals surface area contributed by atoms with Gasteiger partial charge in [-0.1, -0.05) is 12.1 Å². The SMILES string of the molecule is CCOc1ccc(-c2ccc(F)cc2)cn1. The van der Waals surface area contributed by atoms with Gasteiger partial charge >= 0.3 is 0 Å². The summed E-state index contributed by atoms with van der Waals surface area (Å²) in [5.41, 5.74) is 1.89. The summed E-state index contributed by atoms with van der Waals surface area (Å²) in [5.74, 6) is 0.371. The van der Waals surface area contributed by atoms with E-state index in [2.05, 4.69) is 4.98 Å². The van der Waals surface area contributed by atoms with Gasteiger partial charge in [-0.3, -0.25) is 0 Å². The van der Waals surface area contributed by atoms with E-state index in [1.165, 1.54) is 12.1 Å². The standard InChI is InChI=1S/C13H12FNO/c1-2-16-13-8-5-11(9-15-13)10-3-6-12(14)7-4-10/h3-9H,2H2,1H3. The first-order valence-electron chi connectivity index (χ1n) is 5.14. The third kappa shape index (κ3) is 2.37. The second kappa shape index (κ2) is 4.75. The van der Waals surface area contributed by atoms with Crippen LogP contribution in [0.3, 0.4) is 0 Å². The zero-order chi connectivity index (χ0) is 11.4. The Balaban J connectivity index is 2.24. The molecule has 1 aromatic carbocycles. The fraction of sp³-hybridized carbons (Fsp3) is 0.154. The lowest BCUT2D eigenvalue weighted by Crippen LogP contribution is -1.93. The van der Waals surface area contributed by atoms with E-state index in [1.807, 2.05) is 19.1 Å². The van der Waals surface area contributed by atoms with Crippen molar-refractivity contribution < 1.29 is 9.13 Å². The molecule has 0 aliphatic heterocycles. The average molecular weight is 217 g/mol. The van der Waals surface area contributed by atoms with Gasteiger partial charge in [-0.25, -0.2) is 9.37 Å². The number of benzene rings is 1. The summed E-state index contributed by atoms with van der Waals surface area (Å²) >= 11 is 0. The van der Waals surface area contributed by atoms with Crippen LogP contribution < -0.4 is 4.74 Å². The number of aromatic nitrogens is 1. The van der Waals surface area contributed by atoms with Gasteiger partial charge < -0.3 is 4.74 Å². The van der Waals surface area contributed by atoms with Crippen molar-refractivity contribution in [3.63, 3.8) is 0 Å². The van der Waals surface area contributed by atoms with Gasteiger partial charge in [0.2, 0.25) is 5.88 Å². The van der Waals surface area contributed by atoms with Crippen molar-refractivity contribution in [2.45, 2.75) is 6.92 Å². The van der Waals surface area contributed by atoms with E-state index in [-0.39, 0.29) is 5.82 Å². The number of ether oxygens (including phenoxy) is 1. The molecule has 0 aliphatic carbocycles. The summed E-state index contributed by atoms with van der Waals surface area (Å²) in [5, 5.41) is 0. The molecule has 0 saturated carbocycles. The molecule has 0 unspecified atom stereocenters. The Morgan fingerprint density at radius 1 is 1.06 bits per heavy atom. The molecule has 0 amide bonds. The molecule has 0 bridgehead atoms. The molecule has 0 saturated heterocycles. The van der Waals surface area contributed by atoms with Crippen LogP contribution >= 0.6 is 0 Å². The quantitative estimate of drug-likeness (QED) is 0.787. The Labute approximate surface area is 93.7 Å². The molecule has 2 aromatic rings. The maximum atomic E-state index is 12.7. The topological polar surface area (TPSA) is 22.1 Å². The highest BCUT2D eigenvalue weighted by molar-refractivity contribution is 5.62. The van der Waals surface area contributed by atoms with Gasteiger partial charge in [0.15, 0.2) is 0 Å². The lowest BCUT2D eigenvalue weighted by molar-refractivity contribution is 0.327. The maximum absolute atomic E-state index is 12.7. The molecular formula is C13H12FNO. The van der Waals surface area contributed by atoms with Crippen LogP contribution in [-0.2, 0) is 0 Å². The van der Waals surface area contributed by atoms with Crippen molar-refractivity contribution in [3.8, 4) is 17.0 Å². The van der Waals surface area contributed by atoms with Crippen LogP contribution in [0, 0.1) is 5.82 Å². The molecule has 0 N–H and O–H groups in total. The van der Waals surface area contributed by atoms with Crippen molar-refractivity contribution in [1.82, 2.24) is 4.98 Å². The molecule has 0 atom stereocenters. The van der Waals surface area contributed by atoms with Gasteiger partial charge in [-0.15, -0.1) is 0 Å². The van der Waals surface area contributed by atoms with Gasteiger partial charge in [0, 0.05) is 17.8 Å². The number of nitrogens with zero attached hydrogens (tertiary/aromatic N) is 1. The summed E-state index contributed by atoms with van der Waals surface area (Å²) < 4.78 is 18.0. The van der Waals surface area contributed by atoms with E-state index in [0.717, 1.165) is 11.1 Å². The Morgan fingerprint density at radius 2 is 1.75 bits per heavy atom. The molecule has 0 radical (unpaired) electrons. The summed E-state index contributed by atoms with van der Waals surface area (Å²) in [6.07, 6.45) is 1.72. The predicted molar refractivity (Wildman–Crippen MR) is 60.8 cm³/mol. The van der Waals surface area contributed by atoms with E-state index in [4.69, 9.17) is 4.74 Å². The fourth-order valence-electron chi connectivity index (χ4n) is 1.43. The van der Waals surface area contributed by atoms with Crippen molar-refractivity contribution >= 4 is 0 Å². The number of hydrogen-bond acceptors (Lipinski definition) is 2. The minimum atomic E-state index is -0.234. The third-order valence-electron chi connectivity index (χ3n) is 2.21. The number of pyridine rings is 1. The molecule has 1 heterocycles. The van der Waals surface area contributed by atoms with Gasteiger partial charge in [-0.05, 0) is 30.7 Å². The lowest BCUT2D eigenvalue weighted by Gasteiger charge is -2.04. The van der Waals surface area contributed by atoms with E-state index in [9.17, 15) is 4.39 Å². The normalized spacial score (nSPS) is 10.1. The smallest absolute Gasteiger partial charge is 0.213 e. The number of hydrogen-bond donors (Lipinski definition) is 0. The average Bonchev–Trinajstić information content (AvgIpc) is 2.32. The van der Waals surface area contributed by atoms with E-state index in [0.29, 0.717) is 12.5 Å². The van der Waals surface area contributed by atoms with Crippen LogP contribution in [0.15, 0.2) is 42.6 Å². The number of halogens is 1. The van der Waals surface area contributed by atoms with Crippen molar-refractivity contribution in [1.29, 1.82) is 0 Å². The first kappa shape index (κ1) is 10.6. The molecule has 1 aromatic heterocycles. The van der Waals surface area contributed by atoms with Crippen LogP contribution in [0.1, 0.15) is 6.92 Å². The summed E-state index contributed by atoms with van der Waals surface area (Å²) in [7, 11) is 0. The molecular weight excluding hydrogens is 205 g/mol. The zero-order valence-electron chi connectivity index (χ0n) is 8.98. The van der Waals surface area contributed by atoms with Crippen molar-refractivity contribution in [3.05, 3.63) is 48.4 Å². The summed E-state index contributed by atoms with van der Waals surface area (Å²) in [6, 6.07) is 10.0. The third-order valence-corrected chi connectivity index (χ3v) is 2.21. The molecule has 2 nitrogen and oxygen atoms in total. The van der Waals surface area contributed by atoms with Gasteiger partial charge in [0.25, 0.3) is 0 Å². The Kier molecular flexibility index (Phi) is 3.15. The van der Waals surface area contributed by atoms with Gasteiger partial charge in [-0.2, -0.15) is 0 Å². The zero-order valence-corrected chi connectivity index (χ0v) is 8.98. The first-order valence-corrected chi connectivity index (χ1v) is 5.14. The highest BCUT2D eigenvalue weighted by Gasteiger charge is 1.99. The second-order valence-corrected chi connectivity index (χ2v) is 3.33. The highest BCUT2D eigenvalue weighted by Crippen LogP contribution is 2.20. The molecule has 82 valence electrons. The molecule has 16 heavy (non-hydrogen) atoms. The van der Waals surface area contributed by atoms with E-state index in [1.54, 1.807) is 18.3 Å². The second-order valence-electron chi connectivity index (χ2n) is 3.33. The van der Waals surface area contributed by atoms with Crippen LogP contribution in [0.5, 0.6) is 5.88 Å². The van der Waals surface area contributed by atoms with Crippen LogP contribution in [0.4, 0.5) is 4.39 Å². The van der Waals surface area contributed by atoms with Crippen LogP contribution in [0.2, 0.25) is 0 Å². The Bertz CT molecular complexity index is 450. The summed E-state index contributed by atoms with van der Waals surface area (Å²) in [4.78, 5) is 4.15. The number of rotatable bonds is 3. The monoisotopic (exact) mass is 217 g/mol. The minimum Gasteiger partial charge on any atom is -0.478 e. The van der Waals surface area contributed by atoms with Crippen LogP contribution in [-0.4, -0.2) is 11.6 Å². The van der Waals surface area contributed by atoms with Gasteiger partial charge in [0.1, 0.15) is 5.82 Å². The van der Waals surface area contributed by atoms with Crippen molar-refractivity contribution in [2.24, 2.45) is 0 Å². The maximum Gasteiger partial charge on any atom is 0.213 e. The molecule has 0 aliphatic rings. The molecule has 0 spiro atoms. The van der Waals surface area contributed by atoms with Gasteiger partial charge in [0.05, 0.1) is 6.61 Å². The van der Waals surface area contributed by atoms with Crippen molar-refractivity contribution in [2.75, 3.05) is 6.61 Å². The van der Waals surface area contributed by atoms with E-state index < -0.39 is 0 Å². The summed E-state index contributed by atoms with van der Waals surface area (Å²) in [6.45, 7) is 2.51. The van der Waals surface area contributed by atoms with Crippen LogP contribution in [0.25, 0.3) is 11.1 Å².